The van der Waals surface area contributed by atoms with Crippen LogP contribution in [0.1, 0.15) is 13.3 Å². The monoisotopic (exact) mass is 167 g/mol. The molecule has 0 bridgehead atoms. The van der Waals surface area contributed by atoms with Crippen LogP contribution in [0.2, 0.25) is 0 Å². The number of hydroxylamine groups is 2. The van der Waals surface area contributed by atoms with Crippen LogP contribution < -0.4 is 4.84 Å². The van der Waals surface area contributed by atoms with Crippen molar-refractivity contribution in [2.75, 3.05) is 6.54 Å². The van der Waals surface area contributed by atoms with Crippen LogP contribution in [0.5, 0.6) is 5.75 Å². The summed E-state index contributed by atoms with van der Waals surface area (Å²) in [6.45, 7) is 2.48. The lowest BCUT2D eigenvalue weighted by Crippen LogP contribution is -2.23. The second-order valence-electron chi connectivity index (χ2n) is 2.48. The number of nitrogens with zero attached hydrogens (tertiary/aromatic N) is 1. The van der Waals surface area contributed by atoms with E-state index in [2.05, 4.69) is 0 Å². The third kappa shape index (κ3) is 2.90. The Hall–Kier alpha value is -1.06. The smallest absolute Gasteiger partial charge is 0.150 e. The molecule has 0 aliphatic heterocycles. The van der Waals surface area contributed by atoms with Gasteiger partial charge in [-0.15, -0.1) is 0 Å². The highest BCUT2D eigenvalue weighted by molar-refractivity contribution is 5.20. The molecule has 0 aliphatic rings. The zero-order valence-corrected chi connectivity index (χ0v) is 7.10. The Bertz CT molecular complexity index is 213. The summed E-state index contributed by atoms with van der Waals surface area (Å²) in [5, 5.41) is 9.96. The fourth-order valence-electron chi connectivity index (χ4n) is 0.840. The van der Waals surface area contributed by atoms with Gasteiger partial charge in [0.25, 0.3) is 0 Å². The molecule has 0 heterocycles. The lowest BCUT2D eigenvalue weighted by Gasteiger charge is -2.13. The Kier molecular flexibility index (Phi) is 3.57. The van der Waals surface area contributed by atoms with Gasteiger partial charge in [0, 0.05) is 0 Å². The third-order valence-corrected chi connectivity index (χ3v) is 1.37. The van der Waals surface area contributed by atoms with Crippen molar-refractivity contribution < 1.29 is 10.0 Å². The first-order valence-corrected chi connectivity index (χ1v) is 4.02. The van der Waals surface area contributed by atoms with Crippen molar-refractivity contribution >= 4 is 0 Å². The van der Waals surface area contributed by atoms with Crippen LogP contribution in [0.3, 0.4) is 0 Å². The summed E-state index contributed by atoms with van der Waals surface area (Å²) < 4.78 is 0. The lowest BCUT2D eigenvalue weighted by molar-refractivity contribution is -0.281. The number of hydrogen-bond acceptors (Lipinski definition) is 3. The molecule has 1 N–H and O–H groups in total. The quantitative estimate of drug-likeness (QED) is 0.697. The van der Waals surface area contributed by atoms with E-state index in [1.165, 1.54) is 0 Å². The van der Waals surface area contributed by atoms with Gasteiger partial charge in [-0.05, 0) is 23.8 Å². The summed E-state index contributed by atoms with van der Waals surface area (Å²) in [4.78, 5) is 5.04. The van der Waals surface area contributed by atoms with Crippen molar-refractivity contribution in [2.45, 2.75) is 13.3 Å². The predicted octanol–water partition coefficient (Wildman–Crippen LogP) is 2.08. The van der Waals surface area contributed by atoms with Crippen LogP contribution in [0.15, 0.2) is 30.3 Å². The van der Waals surface area contributed by atoms with Crippen LogP contribution in [0, 0.1) is 0 Å². The first kappa shape index (κ1) is 9.03. The van der Waals surface area contributed by atoms with Gasteiger partial charge < -0.3 is 4.84 Å². The number of para-hydroxylation sites is 1. The fourth-order valence-corrected chi connectivity index (χ4v) is 0.840. The lowest BCUT2D eigenvalue weighted by atomic mass is 10.3. The Morgan fingerprint density at radius 3 is 2.58 bits per heavy atom. The van der Waals surface area contributed by atoms with Crippen molar-refractivity contribution in [1.29, 1.82) is 0 Å². The zero-order valence-electron chi connectivity index (χ0n) is 7.10. The highest BCUT2D eigenvalue weighted by Crippen LogP contribution is 2.09. The van der Waals surface area contributed by atoms with Crippen molar-refractivity contribution in [3.05, 3.63) is 30.3 Å². The Morgan fingerprint density at radius 1 is 1.33 bits per heavy atom. The van der Waals surface area contributed by atoms with Gasteiger partial charge in [0.05, 0.1) is 6.54 Å². The minimum atomic E-state index is 0.509. The molecule has 66 valence electrons. The summed E-state index contributed by atoms with van der Waals surface area (Å²) in [7, 11) is 0. The maximum atomic E-state index is 9.11. The molecule has 1 aromatic carbocycles. The second kappa shape index (κ2) is 4.74. The number of hydrogen-bond donors (Lipinski definition) is 1. The molecule has 3 nitrogen and oxygen atoms in total. The summed E-state index contributed by atoms with van der Waals surface area (Å²) in [5.41, 5.74) is 0. The molecule has 1 aromatic rings. The molecule has 12 heavy (non-hydrogen) atoms. The summed E-state index contributed by atoms with van der Waals surface area (Å²) in [6.07, 6.45) is 0.851. The van der Waals surface area contributed by atoms with E-state index in [9.17, 15) is 0 Å². The molecular formula is C9H13NO2. The van der Waals surface area contributed by atoms with Gasteiger partial charge in [-0.1, -0.05) is 25.1 Å². The van der Waals surface area contributed by atoms with E-state index in [4.69, 9.17) is 10.0 Å². The average molecular weight is 167 g/mol. The van der Waals surface area contributed by atoms with Crippen molar-refractivity contribution in [3.8, 4) is 5.75 Å². The SMILES string of the molecule is CCCN(O)Oc1ccccc1. The molecule has 0 fully saturated rings. The average Bonchev–Trinajstić information content (AvgIpc) is 2.06. The number of benzene rings is 1. The summed E-state index contributed by atoms with van der Waals surface area (Å²) >= 11 is 0. The first-order chi connectivity index (χ1) is 5.83. The Balaban J connectivity index is 2.41. The molecule has 1 rings (SSSR count). The van der Waals surface area contributed by atoms with Gasteiger partial charge in [0.15, 0.2) is 5.75 Å². The summed E-state index contributed by atoms with van der Waals surface area (Å²) in [5.74, 6) is 0.647. The van der Waals surface area contributed by atoms with Crippen LogP contribution in [0.4, 0.5) is 0 Å². The fraction of sp³-hybridized carbons (Fsp3) is 0.333. The molecule has 0 saturated carbocycles. The molecular weight excluding hydrogens is 154 g/mol. The largest absolute Gasteiger partial charge is 0.381 e. The topological polar surface area (TPSA) is 32.7 Å². The number of rotatable bonds is 4. The first-order valence-electron chi connectivity index (χ1n) is 4.02. The molecule has 0 atom stereocenters. The zero-order chi connectivity index (χ0) is 8.81. The van der Waals surface area contributed by atoms with E-state index in [0.29, 0.717) is 12.3 Å². The van der Waals surface area contributed by atoms with Crippen LogP contribution in [-0.2, 0) is 0 Å². The molecule has 0 aromatic heterocycles. The van der Waals surface area contributed by atoms with Crippen LogP contribution >= 0.6 is 0 Å². The predicted molar refractivity (Wildman–Crippen MR) is 45.9 cm³/mol. The normalized spacial score (nSPS) is 10.2. The van der Waals surface area contributed by atoms with Gasteiger partial charge in [-0.25, -0.2) is 0 Å². The molecule has 3 heteroatoms. The minimum absolute atomic E-state index is 0.509. The van der Waals surface area contributed by atoms with Crippen molar-refractivity contribution in [3.63, 3.8) is 0 Å². The van der Waals surface area contributed by atoms with Crippen molar-refractivity contribution in [2.24, 2.45) is 0 Å². The van der Waals surface area contributed by atoms with E-state index >= 15 is 0 Å². The third-order valence-electron chi connectivity index (χ3n) is 1.37. The van der Waals surface area contributed by atoms with Gasteiger partial charge in [0.1, 0.15) is 0 Å². The molecule has 0 amide bonds. The molecule has 0 spiro atoms. The van der Waals surface area contributed by atoms with E-state index in [1.807, 2.05) is 25.1 Å². The highest BCUT2D eigenvalue weighted by atomic mass is 16.9. The summed E-state index contributed by atoms with van der Waals surface area (Å²) in [6, 6.07) is 9.19. The Labute approximate surface area is 72.1 Å². The van der Waals surface area contributed by atoms with Crippen molar-refractivity contribution in [1.82, 2.24) is 5.23 Å². The van der Waals surface area contributed by atoms with E-state index in [1.54, 1.807) is 12.1 Å². The van der Waals surface area contributed by atoms with Gasteiger partial charge in [-0.3, -0.25) is 5.21 Å². The molecule has 0 aliphatic carbocycles. The minimum Gasteiger partial charge on any atom is -0.381 e. The van der Waals surface area contributed by atoms with E-state index in [0.717, 1.165) is 11.6 Å². The molecule has 0 radical (unpaired) electrons. The highest BCUT2D eigenvalue weighted by Gasteiger charge is 1.99. The maximum Gasteiger partial charge on any atom is 0.150 e. The van der Waals surface area contributed by atoms with Gasteiger partial charge in [0.2, 0.25) is 0 Å². The van der Waals surface area contributed by atoms with Crippen LogP contribution in [0.25, 0.3) is 0 Å². The Morgan fingerprint density at radius 2 is 2.00 bits per heavy atom. The second-order valence-corrected chi connectivity index (χ2v) is 2.48. The maximum absolute atomic E-state index is 9.11. The van der Waals surface area contributed by atoms with Gasteiger partial charge >= 0.3 is 0 Å². The molecule has 0 unspecified atom stereocenters. The van der Waals surface area contributed by atoms with Crippen LogP contribution in [-0.4, -0.2) is 17.0 Å². The standard InChI is InChI=1S/C9H13NO2/c1-2-8-10(11)12-9-6-4-3-5-7-9/h3-7,11H,2,8H2,1H3. The van der Waals surface area contributed by atoms with E-state index in [-0.39, 0.29) is 0 Å². The molecule has 0 saturated heterocycles. The van der Waals surface area contributed by atoms with Gasteiger partial charge in [-0.2, -0.15) is 0 Å². The van der Waals surface area contributed by atoms with E-state index < -0.39 is 0 Å².